The van der Waals surface area contributed by atoms with Crippen molar-refractivity contribution in [1.29, 1.82) is 0 Å². The molecule has 0 saturated carbocycles. The molecular weight excluding hydrogens is 236 g/mol. The molecule has 0 saturated heterocycles. The number of hydrogen-bond donors (Lipinski definition) is 1. The molecule has 0 spiro atoms. The minimum atomic E-state index is 0.784. The van der Waals surface area contributed by atoms with Gasteiger partial charge in [0.15, 0.2) is 0 Å². The first-order chi connectivity index (χ1) is 9.13. The average molecular weight is 264 g/mol. The van der Waals surface area contributed by atoms with Crippen molar-refractivity contribution < 1.29 is 4.74 Å². The fraction of sp³-hybridized carbons (Fsp3) is 0.625. The molecule has 3 nitrogen and oxygen atoms in total. The monoisotopic (exact) mass is 264 g/mol. The van der Waals surface area contributed by atoms with Crippen LogP contribution >= 0.6 is 0 Å². The van der Waals surface area contributed by atoms with Gasteiger partial charge in [0.25, 0.3) is 0 Å². The first kappa shape index (κ1) is 16.2. The van der Waals surface area contributed by atoms with Crippen molar-refractivity contribution in [3.8, 4) is 0 Å². The van der Waals surface area contributed by atoms with Crippen molar-refractivity contribution in [2.45, 2.75) is 20.3 Å². The molecule has 0 heterocycles. The third-order valence-corrected chi connectivity index (χ3v) is 3.51. The molecule has 0 aliphatic carbocycles. The molecule has 108 valence electrons. The van der Waals surface area contributed by atoms with Gasteiger partial charge < -0.3 is 15.0 Å². The van der Waals surface area contributed by atoms with Gasteiger partial charge in [-0.3, -0.25) is 0 Å². The van der Waals surface area contributed by atoms with Gasteiger partial charge in [-0.15, -0.1) is 0 Å². The largest absolute Gasteiger partial charge is 0.383 e. The maximum absolute atomic E-state index is 5.00. The van der Waals surface area contributed by atoms with Gasteiger partial charge in [0.1, 0.15) is 0 Å². The summed E-state index contributed by atoms with van der Waals surface area (Å²) in [5, 5.41) is 3.37. The number of hydrogen-bond acceptors (Lipinski definition) is 3. The molecule has 0 fully saturated rings. The lowest BCUT2D eigenvalue weighted by Gasteiger charge is -2.17. The van der Waals surface area contributed by atoms with Crippen LogP contribution in [0.25, 0.3) is 0 Å². The normalized spacial score (nSPS) is 11.2. The molecular formula is C16H28N2O. The molecule has 1 aromatic rings. The molecule has 0 radical (unpaired) electrons. The lowest BCUT2D eigenvalue weighted by atomic mass is 10.0. The van der Waals surface area contributed by atoms with Crippen LogP contribution in [0.3, 0.4) is 0 Å². The van der Waals surface area contributed by atoms with Gasteiger partial charge in [-0.2, -0.15) is 0 Å². The van der Waals surface area contributed by atoms with Crippen LogP contribution in [0.2, 0.25) is 0 Å². The molecule has 1 N–H and O–H groups in total. The summed E-state index contributed by atoms with van der Waals surface area (Å²) in [6, 6.07) is 6.77. The van der Waals surface area contributed by atoms with E-state index in [0.717, 1.165) is 39.2 Å². The highest BCUT2D eigenvalue weighted by Gasteiger charge is 2.00. The maximum Gasteiger partial charge on any atom is 0.0587 e. The van der Waals surface area contributed by atoms with E-state index in [1.807, 2.05) is 0 Å². The van der Waals surface area contributed by atoms with Crippen LogP contribution in [0.4, 0.5) is 0 Å². The van der Waals surface area contributed by atoms with Crippen molar-refractivity contribution in [3.63, 3.8) is 0 Å². The first-order valence-corrected chi connectivity index (χ1v) is 7.08. The Morgan fingerprint density at radius 1 is 1.11 bits per heavy atom. The number of methoxy groups -OCH3 is 1. The van der Waals surface area contributed by atoms with E-state index in [1.54, 1.807) is 7.11 Å². The Bertz CT molecular complexity index is 366. The molecule has 19 heavy (non-hydrogen) atoms. The zero-order chi connectivity index (χ0) is 14.1. The third kappa shape index (κ3) is 6.71. The van der Waals surface area contributed by atoms with Crippen LogP contribution in [0.5, 0.6) is 0 Å². The van der Waals surface area contributed by atoms with Crippen LogP contribution in [0, 0.1) is 13.8 Å². The van der Waals surface area contributed by atoms with E-state index < -0.39 is 0 Å². The highest BCUT2D eigenvalue weighted by Crippen LogP contribution is 2.10. The number of aryl methyl sites for hydroxylation is 2. The number of benzene rings is 1. The quantitative estimate of drug-likeness (QED) is 0.691. The predicted molar refractivity (Wildman–Crippen MR) is 81.9 cm³/mol. The van der Waals surface area contributed by atoms with Gasteiger partial charge in [0, 0.05) is 33.3 Å². The fourth-order valence-electron chi connectivity index (χ4n) is 1.96. The Hall–Kier alpha value is -0.900. The Balaban J connectivity index is 2.18. The van der Waals surface area contributed by atoms with Gasteiger partial charge in [0.05, 0.1) is 6.61 Å². The number of nitrogens with one attached hydrogen (secondary N) is 1. The first-order valence-electron chi connectivity index (χ1n) is 7.08. The summed E-state index contributed by atoms with van der Waals surface area (Å²) in [4.78, 5) is 2.37. The molecule has 1 rings (SSSR count). The van der Waals surface area contributed by atoms with E-state index in [9.17, 15) is 0 Å². The van der Waals surface area contributed by atoms with Gasteiger partial charge in [-0.25, -0.2) is 0 Å². The molecule has 0 amide bonds. The van der Waals surface area contributed by atoms with Crippen molar-refractivity contribution in [2.24, 2.45) is 0 Å². The van der Waals surface area contributed by atoms with E-state index in [0.29, 0.717) is 0 Å². The van der Waals surface area contributed by atoms with E-state index in [4.69, 9.17) is 4.74 Å². The summed E-state index contributed by atoms with van der Waals surface area (Å²) < 4.78 is 5.00. The molecule has 0 atom stereocenters. The smallest absolute Gasteiger partial charge is 0.0587 e. The second kappa shape index (κ2) is 9.08. The number of rotatable bonds is 9. The molecule has 1 aromatic carbocycles. The average Bonchev–Trinajstić information content (AvgIpc) is 2.40. The van der Waals surface area contributed by atoms with Crippen LogP contribution in [0.15, 0.2) is 18.2 Å². The van der Waals surface area contributed by atoms with Gasteiger partial charge >= 0.3 is 0 Å². The number of nitrogens with zero attached hydrogens (tertiary/aromatic N) is 1. The number of ether oxygens (including phenoxy) is 1. The highest BCUT2D eigenvalue weighted by atomic mass is 16.5. The van der Waals surface area contributed by atoms with Gasteiger partial charge in [-0.05, 0) is 44.0 Å². The SMILES string of the molecule is COCCNCCN(C)CCc1ccc(C)c(C)c1. The zero-order valence-corrected chi connectivity index (χ0v) is 12.8. The van der Waals surface area contributed by atoms with Crippen molar-refractivity contribution in [3.05, 3.63) is 34.9 Å². The fourth-order valence-corrected chi connectivity index (χ4v) is 1.96. The summed E-state index contributed by atoms with van der Waals surface area (Å²) >= 11 is 0. The predicted octanol–water partition coefficient (Wildman–Crippen LogP) is 2.01. The minimum Gasteiger partial charge on any atom is -0.383 e. The Labute approximate surface area is 118 Å². The number of likely N-dealkylation sites (N-methyl/N-ethyl adjacent to an activating group) is 1. The summed E-state index contributed by atoms with van der Waals surface area (Å²) in [7, 11) is 3.91. The standard InChI is InChI=1S/C16H28N2O/c1-14-5-6-16(13-15(14)2)7-10-18(3)11-8-17-9-12-19-4/h5-6,13,17H,7-12H2,1-4H3. The summed E-state index contributed by atoms with van der Waals surface area (Å²) in [5.74, 6) is 0. The van der Waals surface area contributed by atoms with Crippen molar-refractivity contribution in [1.82, 2.24) is 10.2 Å². The second-order valence-corrected chi connectivity index (χ2v) is 5.21. The lowest BCUT2D eigenvalue weighted by Crippen LogP contribution is -2.32. The van der Waals surface area contributed by atoms with Gasteiger partial charge in [0.2, 0.25) is 0 Å². The van der Waals surface area contributed by atoms with Crippen LogP contribution in [-0.2, 0) is 11.2 Å². The Morgan fingerprint density at radius 2 is 1.89 bits per heavy atom. The Kier molecular flexibility index (Phi) is 7.72. The molecule has 0 aromatic heterocycles. The molecule has 0 unspecified atom stereocenters. The summed E-state index contributed by atoms with van der Waals surface area (Å²) in [5.41, 5.74) is 4.20. The summed E-state index contributed by atoms with van der Waals surface area (Å²) in [6.07, 6.45) is 1.12. The van der Waals surface area contributed by atoms with Crippen LogP contribution < -0.4 is 5.32 Å². The molecule has 0 aliphatic heterocycles. The van der Waals surface area contributed by atoms with Gasteiger partial charge in [-0.1, -0.05) is 18.2 Å². The second-order valence-electron chi connectivity index (χ2n) is 5.21. The highest BCUT2D eigenvalue weighted by molar-refractivity contribution is 5.30. The lowest BCUT2D eigenvalue weighted by molar-refractivity contribution is 0.198. The van der Waals surface area contributed by atoms with Crippen molar-refractivity contribution in [2.75, 3.05) is 46.9 Å². The van der Waals surface area contributed by atoms with E-state index in [2.05, 4.69) is 49.3 Å². The Morgan fingerprint density at radius 3 is 2.58 bits per heavy atom. The molecule has 0 bridgehead atoms. The molecule has 0 aliphatic rings. The minimum absolute atomic E-state index is 0.784. The molecule has 3 heteroatoms. The van der Waals surface area contributed by atoms with Crippen LogP contribution in [-0.4, -0.2) is 51.8 Å². The van der Waals surface area contributed by atoms with E-state index >= 15 is 0 Å². The third-order valence-electron chi connectivity index (χ3n) is 3.51. The maximum atomic E-state index is 5.00. The van der Waals surface area contributed by atoms with E-state index in [-0.39, 0.29) is 0 Å². The summed E-state index contributed by atoms with van der Waals surface area (Å²) in [6.45, 7) is 9.27. The zero-order valence-electron chi connectivity index (χ0n) is 12.8. The van der Waals surface area contributed by atoms with Crippen LogP contribution in [0.1, 0.15) is 16.7 Å². The van der Waals surface area contributed by atoms with E-state index in [1.165, 1.54) is 16.7 Å². The van der Waals surface area contributed by atoms with Crippen molar-refractivity contribution >= 4 is 0 Å². The topological polar surface area (TPSA) is 24.5 Å².